The molecule has 148 valence electrons. The van der Waals surface area contributed by atoms with Crippen molar-refractivity contribution >= 4 is 11.8 Å². The van der Waals surface area contributed by atoms with Gasteiger partial charge in [-0.15, -0.1) is 0 Å². The number of hydrogen-bond donors (Lipinski definition) is 1. The van der Waals surface area contributed by atoms with Crippen LogP contribution >= 0.6 is 0 Å². The molecule has 28 heavy (non-hydrogen) atoms. The van der Waals surface area contributed by atoms with Gasteiger partial charge < -0.3 is 19.6 Å². The molecule has 6 nitrogen and oxygen atoms in total. The summed E-state index contributed by atoms with van der Waals surface area (Å²) in [7, 11) is 1.50. The fourth-order valence-electron chi connectivity index (χ4n) is 3.54. The van der Waals surface area contributed by atoms with Gasteiger partial charge >= 0.3 is 0 Å². The van der Waals surface area contributed by atoms with Gasteiger partial charge in [-0.25, -0.2) is 0 Å². The molecule has 0 radical (unpaired) electrons. The molecule has 1 atom stereocenters. The molecule has 0 aliphatic carbocycles. The molecular formula is C22H26N2O4. The Balaban J connectivity index is 1.80. The molecule has 2 aromatic rings. The average molecular weight is 382 g/mol. The zero-order valence-electron chi connectivity index (χ0n) is 16.3. The summed E-state index contributed by atoms with van der Waals surface area (Å²) in [5.74, 6) is 0.146. The van der Waals surface area contributed by atoms with Crippen LogP contribution in [0.15, 0.2) is 48.5 Å². The molecule has 0 bridgehead atoms. The van der Waals surface area contributed by atoms with E-state index in [1.807, 2.05) is 42.2 Å². The number of hydrogen-bond acceptors (Lipinski definition) is 4. The Labute approximate surface area is 165 Å². The van der Waals surface area contributed by atoms with Crippen molar-refractivity contribution in [2.24, 2.45) is 0 Å². The number of rotatable bonds is 5. The fourth-order valence-corrected chi connectivity index (χ4v) is 3.54. The van der Waals surface area contributed by atoms with Crippen molar-refractivity contribution in [2.75, 3.05) is 20.2 Å². The summed E-state index contributed by atoms with van der Waals surface area (Å²) >= 11 is 0. The molecule has 0 saturated carbocycles. The van der Waals surface area contributed by atoms with Crippen LogP contribution in [0.3, 0.4) is 0 Å². The van der Waals surface area contributed by atoms with E-state index in [1.54, 1.807) is 17.0 Å². The number of carbonyl (C=O) groups is 2. The van der Waals surface area contributed by atoms with Crippen molar-refractivity contribution in [1.82, 2.24) is 9.80 Å². The summed E-state index contributed by atoms with van der Waals surface area (Å²) in [6.07, 6.45) is 1.02. The van der Waals surface area contributed by atoms with Gasteiger partial charge in [0.15, 0.2) is 0 Å². The third-order valence-electron chi connectivity index (χ3n) is 5.18. The lowest BCUT2D eigenvalue weighted by molar-refractivity contribution is -0.133. The van der Waals surface area contributed by atoms with Crippen molar-refractivity contribution in [3.05, 3.63) is 59.7 Å². The van der Waals surface area contributed by atoms with E-state index in [4.69, 9.17) is 4.74 Å². The number of phenols is 1. The van der Waals surface area contributed by atoms with Crippen LogP contribution in [0.4, 0.5) is 0 Å². The maximum atomic E-state index is 13.0. The molecule has 1 heterocycles. The lowest BCUT2D eigenvalue weighted by atomic mass is 10.1. The molecule has 1 fully saturated rings. The average Bonchev–Trinajstić information content (AvgIpc) is 2.87. The summed E-state index contributed by atoms with van der Waals surface area (Å²) in [5.41, 5.74) is 1.29. The number of aromatic hydroxyl groups is 1. The fraction of sp³-hybridized carbons (Fsp3) is 0.364. The normalized spacial score (nSPS) is 17.4. The van der Waals surface area contributed by atoms with Gasteiger partial charge in [-0.2, -0.15) is 0 Å². The predicted octanol–water partition coefficient (Wildman–Crippen LogP) is 3.05. The third kappa shape index (κ3) is 4.27. The topological polar surface area (TPSA) is 70.1 Å². The van der Waals surface area contributed by atoms with E-state index in [1.165, 1.54) is 13.2 Å². The van der Waals surface area contributed by atoms with Crippen LogP contribution < -0.4 is 4.74 Å². The van der Waals surface area contributed by atoms with Gasteiger partial charge in [-0.05, 0) is 24.1 Å². The van der Waals surface area contributed by atoms with Gasteiger partial charge in [0.25, 0.3) is 5.91 Å². The minimum atomic E-state index is -0.270. The van der Waals surface area contributed by atoms with Gasteiger partial charge in [0.05, 0.1) is 12.7 Å². The standard InChI is InChI=1S/C22H26N2O4/c1-3-17-15-23(22(27)19-10-9-18(28-2)13-20(19)25)12-11-21(26)24(17)14-16-7-5-4-6-8-16/h4-10,13,17,25H,3,11-12,14-15H2,1-2H3. The maximum absolute atomic E-state index is 13.0. The van der Waals surface area contributed by atoms with E-state index in [2.05, 4.69) is 0 Å². The SMILES string of the molecule is CCC1CN(C(=O)c2ccc(OC)cc2O)CCC(=O)N1Cc1ccccc1. The van der Waals surface area contributed by atoms with Crippen molar-refractivity contribution < 1.29 is 19.4 Å². The van der Waals surface area contributed by atoms with E-state index in [0.717, 1.165) is 12.0 Å². The highest BCUT2D eigenvalue weighted by Gasteiger charge is 2.31. The number of phenolic OH excluding ortho intramolecular Hbond substituents is 1. The Morgan fingerprint density at radius 2 is 1.96 bits per heavy atom. The number of amides is 2. The Kier molecular flexibility index (Phi) is 6.19. The smallest absolute Gasteiger partial charge is 0.257 e. The van der Waals surface area contributed by atoms with Gasteiger partial charge in [0.1, 0.15) is 11.5 Å². The number of benzene rings is 2. The van der Waals surface area contributed by atoms with Crippen LogP contribution in [0.5, 0.6) is 11.5 Å². The minimum Gasteiger partial charge on any atom is -0.507 e. The van der Waals surface area contributed by atoms with Crippen LogP contribution in [0.1, 0.15) is 35.7 Å². The minimum absolute atomic E-state index is 0.0463. The first-order valence-electron chi connectivity index (χ1n) is 9.53. The molecule has 1 aliphatic rings. The van der Waals surface area contributed by atoms with Crippen LogP contribution in [-0.2, 0) is 11.3 Å². The second kappa shape index (κ2) is 8.78. The Bertz CT molecular complexity index is 838. The first kappa shape index (κ1) is 19.7. The largest absolute Gasteiger partial charge is 0.507 e. The lowest BCUT2D eigenvalue weighted by Crippen LogP contribution is -2.43. The Hall–Kier alpha value is -3.02. The Morgan fingerprint density at radius 1 is 1.21 bits per heavy atom. The van der Waals surface area contributed by atoms with Crippen LogP contribution in [0.25, 0.3) is 0 Å². The maximum Gasteiger partial charge on any atom is 0.257 e. The number of carbonyl (C=O) groups excluding carboxylic acids is 2. The zero-order chi connectivity index (χ0) is 20.1. The molecule has 2 amide bonds. The quantitative estimate of drug-likeness (QED) is 0.863. The monoisotopic (exact) mass is 382 g/mol. The second-order valence-corrected chi connectivity index (χ2v) is 6.95. The lowest BCUT2D eigenvalue weighted by Gasteiger charge is -2.31. The zero-order valence-corrected chi connectivity index (χ0v) is 16.3. The molecule has 1 saturated heterocycles. The van der Waals surface area contributed by atoms with E-state index < -0.39 is 0 Å². The van der Waals surface area contributed by atoms with E-state index >= 15 is 0 Å². The summed E-state index contributed by atoms with van der Waals surface area (Å²) in [6, 6.07) is 14.4. The highest BCUT2D eigenvalue weighted by atomic mass is 16.5. The predicted molar refractivity (Wildman–Crippen MR) is 106 cm³/mol. The summed E-state index contributed by atoms with van der Waals surface area (Å²) in [4.78, 5) is 29.3. The van der Waals surface area contributed by atoms with Gasteiger partial charge in [0, 0.05) is 38.2 Å². The summed E-state index contributed by atoms with van der Waals surface area (Å²) in [6.45, 7) is 3.34. The first-order chi connectivity index (χ1) is 13.5. The molecule has 2 aromatic carbocycles. The van der Waals surface area contributed by atoms with E-state index in [-0.39, 0.29) is 35.6 Å². The summed E-state index contributed by atoms with van der Waals surface area (Å²) < 4.78 is 5.08. The molecule has 3 rings (SSSR count). The van der Waals surface area contributed by atoms with Crippen LogP contribution in [0.2, 0.25) is 0 Å². The molecule has 0 aromatic heterocycles. The molecule has 1 unspecified atom stereocenters. The number of nitrogens with zero attached hydrogens (tertiary/aromatic N) is 2. The molecule has 1 aliphatic heterocycles. The highest BCUT2D eigenvalue weighted by molar-refractivity contribution is 5.97. The van der Waals surface area contributed by atoms with Gasteiger partial charge in [-0.3, -0.25) is 9.59 Å². The van der Waals surface area contributed by atoms with Gasteiger partial charge in [-0.1, -0.05) is 37.3 Å². The molecule has 0 spiro atoms. The molecular weight excluding hydrogens is 356 g/mol. The van der Waals surface area contributed by atoms with Gasteiger partial charge in [0.2, 0.25) is 5.91 Å². The number of methoxy groups -OCH3 is 1. The van der Waals surface area contributed by atoms with Crippen LogP contribution in [-0.4, -0.2) is 53.0 Å². The highest BCUT2D eigenvalue weighted by Crippen LogP contribution is 2.26. The van der Waals surface area contributed by atoms with Crippen LogP contribution in [0, 0.1) is 0 Å². The van der Waals surface area contributed by atoms with Crippen molar-refractivity contribution in [2.45, 2.75) is 32.4 Å². The molecule has 1 N–H and O–H groups in total. The van der Waals surface area contributed by atoms with Crippen molar-refractivity contribution in [3.8, 4) is 11.5 Å². The van der Waals surface area contributed by atoms with E-state index in [9.17, 15) is 14.7 Å². The van der Waals surface area contributed by atoms with Crippen molar-refractivity contribution in [3.63, 3.8) is 0 Å². The summed E-state index contributed by atoms with van der Waals surface area (Å²) in [5, 5.41) is 10.2. The molecule has 6 heteroatoms. The van der Waals surface area contributed by atoms with E-state index in [0.29, 0.717) is 25.4 Å². The third-order valence-corrected chi connectivity index (χ3v) is 5.18. The second-order valence-electron chi connectivity index (χ2n) is 6.95. The Morgan fingerprint density at radius 3 is 2.61 bits per heavy atom. The van der Waals surface area contributed by atoms with Crippen molar-refractivity contribution in [1.29, 1.82) is 0 Å². The first-order valence-corrected chi connectivity index (χ1v) is 9.53. The number of ether oxygens (including phenoxy) is 1.